The highest BCUT2D eigenvalue weighted by molar-refractivity contribution is 6.21. The number of carboxylic acid groups (broad SMARTS) is 3. The van der Waals surface area contributed by atoms with Crippen molar-refractivity contribution in [1.29, 1.82) is 0 Å². The molecule has 1 aliphatic heterocycles. The molecule has 0 radical (unpaired) electrons. The van der Waals surface area contributed by atoms with E-state index in [2.05, 4.69) is 5.32 Å². The maximum atomic E-state index is 12.4. The Morgan fingerprint density at radius 1 is 0.780 bits per heavy atom. The lowest BCUT2D eigenvalue weighted by Crippen LogP contribution is -2.47. The van der Waals surface area contributed by atoms with Crippen molar-refractivity contribution in [1.82, 2.24) is 10.2 Å². The van der Waals surface area contributed by atoms with Crippen LogP contribution in [-0.2, 0) is 20.8 Å². The molecule has 3 atom stereocenters. The molecule has 3 rings (SSSR count). The van der Waals surface area contributed by atoms with Crippen LogP contribution in [0.2, 0.25) is 0 Å². The summed E-state index contributed by atoms with van der Waals surface area (Å²) in [6.45, 7) is 4.08. The van der Waals surface area contributed by atoms with Crippen LogP contribution < -0.4 is 11.1 Å². The lowest BCUT2D eigenvalue weighted by atomic mass is 10.0. The maximum absolute atomic E-state index is 12.4. The summed E-state index contributed by atoms with van der Waals surface area (Å²) in [6.07, 6.45) is 2.36. The Hall–Kier alpha value is -4.09. The summed E-state index contributed by atoms with van der Waals surface area (Å²) in [6, 6.07) is 13.3. The van der Waals surface area contributed by atoms with Gasteiger partial charge in [0.1, 0.15) is 18.1 Å². The number of aliphatic carboxylic acids is 3. The Morgan fingerprint density at radius 3 is 1.76 bits per heavy atom. The van der Waals surface area contributed by atoms with Gasteiger partial charge in [0.25, 0.3) is 11.8 Å². The number of amides is 2. The summed E-state index contributed by atoms with van der Waals surface area (Å²) >= 11 is 0. The molecule has 6 N–H and O–H groups in total. The van der Waals surface area contributed by atoms with Gasteiger partial charge in [0.2, 0.25) is 0 Å². The van der Waals surface area contributed by atoms with E-state index in [0.717, 1.165) is 5.56 Å². The standard InChI is InChI=1S/C24H26N2O6.C6H13NO2/c27-21-17-10-4-5-11-18(17)22(28)26(21)15-7-6-12-19(23(29)30)25-20(24(31)32)14-13-16-8-2-1-3-9-16;1-4(2)3-5(7)6(8)9/h1-5,8-11,19-20,25H,6-7,12-15H2,(H,29,30)(H,31,32);4-5H,3,7H2,1-2H3,(H,8,9)/t19-,20+;/m1./s1. The molecule has 1 heterocycles. The first-order chi connectivity index (χ1) is 19.4. The number of carboxylic acids is 3. The topological polar surface area (TPSA) is 187 Å². The number of fused-ring (bicyclic) bond motifs is 1. The van der Waals surface area contributed by atoms with Gasteiger partial charge in [-0.2, -0.15) is 0 Å². The number of unbranched alkanes of at least 4 members (excludes halogenated alkanes) is 1. The first-order valence-corrected chi connectivity index (χ1v) is 13.6. The fraction of sp³-hybridized carbons (Fsp3) is 0.433. The van der Waals surface area contributed by atoms with Gasteiger partial charge >= 0.3 is 17.9 Å². The summed E-state index contributed by atoms with van der Waals surface area (Å²) in [5, 5.41) is 30.1. The number of imide groups is 1. The third kappa shape index (κ3) is 10.4. The second-order valence-electron chi connectivity index (χ2n) is 10.4. The zero-order valence-corrected chi connectivity index (χ0v) is 23.4. The van der Waals surface area contributed by atoms with E-state index in [1.807, 2.05) is 44.2 Å². The maximum Gasteiger partial charge on any atom is 0.320 e. The summed E-state index contributed by atoms with van der Waals surface area (Å²) < 4.78 is 0. The van der Waals surface area contributed by atoms with Gasteiger partial charge in [0.15, 0.2) is 0 Å². The van der Waals surface area contributed by atoms with Crippen LogP contribution in [0.1, 0.15) is 72.2 Å². The van der Waals surface area contributed by atoms with Gasteiger partial charge in [0.05, 0.1) is 11.1 Å². The quantitative estimate of drug-likeness (QED) is 0.158. The van der Waals surface area contributed by atoms with Crippen LogP contribution >= 0.6 is 0 Å². The van der Waals surface area contributed by atoms with Crippen molar-refractivity contribution in [2.24, 2.45) is 11.7 Å². The third-order valence-corrected chi connectivity index (χ3v) is 6.61. The number of benzene rings is 2. The second kappa shape index (κ2) is 16.2. The Balaban J connectivity index is 0.000000564. The molecule has 222 valence electrons. The number of nitrogens with one attached hydrogen (secondary N) is 1. The molecular formula is C30H39N3O8. The Labute approximate surface area is 239 Å². The number of carbonyl (C=O) groups is 5. The number of nitrogens with two attached hydrogens (primary N) is 1. The zero-order valence-electron chi connectivity index (χ0n) is 23.4. The molecule has 41 heavy (non-hydrogen) atoms. The lowest BCUT2D eigenvalue weighted by Gasteiger charge is -2.21. The molecule has 1 aliphatic rings. The fourth-order valence-corrected chi connectivity index (χ4v) is 4.42. The molecule has 0 bridgehead atoms. The summed E-state index contributed by atoms with van der Waals surface area (Å²) in [4.78, 5) is 59.3. The summed E-state index contributed by atoms with van der Waals surface area (Å²) in [5.74, 6) is -3.47. The van der Waals surface area contributed by atoms with Crippen molar-refractivity contribution < 1.29 is 39.3 Å². The highest BCUT2D eigenvalue weighted by Crippen LogP contribution is 2.23. The number of aryl methyl sites for hydroxylation is 1. The highest BCUT2D eigenvalue weighted by Gasteiger charge is 2.34. The molecule has 11 heteroatoms. The average molecular weight is 570 g/mol. The fourth-order valence-electron chi connectivity index (χ4n) is 4.42. The van der Waals surface area contributed by atoms with Gasteiger partial charge in [0, 0.05) is 6.54 Å². The van der Waals surface area contributed by atoms with E-state index in [9.17, 15) is 34.2 Å². The van der Waals surface area contributed by atoms with Crippen LogP contribution in [0.5, 0.6) is 0 Å². The van der Waals surface area contributed by atoms with Crippen molar-refractivity contribution in [3.8, 4) is 0 Å². The number of carbonyl (C=O) groups excluding carboxylic acids is 2. The molecule has 11 nitrogen and oxygen atoms in total. The average Bonchev–Trinajstić information content (AvgIpc) is 3.17. The Morgan fingerprint density at radius 2 is 1.29 bits per heavy atom. The predicted octanol–water partition coefficient (Wildman–Crippen LogP) is 3.03. The normalized spacial score (nSPS) is 14.6. The van der Waals surface area contributed by atoms with Gasteiger partial charge < -0.3 is 21.1 Å². The van der Waals surface area contributed by atoms with E-state index in [1.165, 1.54) is 4.90 Å². The smallest absolute Gasteiger partial charge is 0.320 e. The van der Waals surface area contributed by atoms with Gasteiger partial charge in [-0.05, 0) is 62.1 Å². The molecule has 2 aromatic rings. The molecule has 0 aliphatic carbocycles. The van der Waals surface area contributed by atoms with Crippen LogP contribution in [0.25, 0.3) is 0 Å². The van der Waals surface area contributed by atoms with E-state index >= 15 is 0 Å². The lowest BCUT2D eigenvalue weighted by molar-refractivity contribution is -0.143. The molecule has 1 unspecified atom stereocenters. The van der Waals surface area contributed by atoms with Crippen molar-refractivity contribution in [3.05, 3.63) is 71.3 Å². The number of hydrogen-bond donors (Lipinski definition) is 5. The minimum atomic E-state index is -1.13. The number of nitrogens with zero attached hydrogens (tertiary/aromatic N) is 1. The van der Waals surface area contributed by atoms with Crippen molar-refractivity contribution in [2.45, 2.75) is 70.5 Å². The van der Waals surface area contributed by atoms with Crippen LogP contribution in [0.3, 0.4) is 0 Å². The molecule has 2 amide bonds. The van der Waals surface area contributed by atoms with Crippen molar-refractivity contribution in [3.63, 3.8) is 0 Å². The van der Waals surface area contributed by atoms with E-state index in [-0.39, 0.29) is 31.2 Å². The molecule has 0 spiro atoms. The molecule has 0 saturated heterocycles. The van der Waals surface area contributed by atoms with E-state index in [4.69, 9.17) is 10.8 Å². The molecule has 2 aromatic carbocycles. The molecular weight excluding hydrogens is 530 g/mol. The first-order valence-electron chi connectivity index (χ1n) is 13.6. The summed E-state index contributed by atoms with van der Waals surface area (Å²) in [7, 11) is 0. The minimum absolute atomic E-state index is 0.188. The highest BCUT2D eigenvalue weighted by atomic mass is 16.4. The molecule has 0 aromatic heterocycles. The minimum Gasteiger partial charge on any atom is -0.480 e. The Bertz CT molecular complexity index is 1170. The van der Waals surface area contributed by atoms with Crippen LogP contribution in [0, 0.1) is 5.92 Å². The van der Waals surface area contributed by atoms with E-state index in [0.29, 0.717) is 42.7 Å². The first kappa shape index (κ1) is 33.1. The van der Waals surface area contributed by atoms with Crippen LogP contribution in [0.4, 0.5) is 0 Å². The van der Waals surface area contributed by atoms with Gasteiger partial charge in [-0.3, -0.25) is 34.2 Å². The third-order valence-electron chi connectivity index (χ3n) is 6.61. The van der Waals surface area contributed by atoms with Gasteiger partial charge in [-0.25, -0.2) is 0 Å². The largest absolute Gasteiger partial charge is 0.480 e. The molecule has 0 fully saturated rings. The second-order valence-corrected chi connectivity index (χ2v) is 10.4. The predicted molar refractivity (Wildman–Crippen MR) is 151 cm³/mol. The summed E-state index contributed by atoms with van der Waals surface area (Å²) in [5.41, 5.74) is 6.96. The van der Waals surface area contributed by atoms with Gasteiger partial charge in [-0.1, -0.05) is 56.3 Å². The van der Waals surface area contributed by atoms with Crippen LogP contribution in [-0.4, -0.2) is 74.6 Å². The van der Waals surface area contributed by atoms with Crippen LogP contribution in [0.15, 0.2) is 54.6 Å². The van der Waals surface area contributed by atoms with E-state index in [1.54, 1.807) is 24.3 Å². The molecule has 0 saturated carbocycles. The SMILES string of the molecule is CC(C)CC(N)C(=O)O.O=C(O)[C@H](CCc1ccccc1)N[C@H](CCCCN1C(=O)c2ccccc2C1=O)C(=O)O. The van der Waals surface area contributed by atoms with Gasteiger partial charge in [-0.15, -0.1) is 0 Å². The zero-order chi connectivity index (χ0) is 30.5. The van der Waals surface area contributed by atoms with Crippen molar-refractivity contribution >= 4 is 29.7 Å². The van der Waals surface area contributed by atoms with E-state index < -0.39 is 36.0 Å². The number of rotatable bonds is 15. The monoisotopic (exact) mass is 569 g/mol. The number of hydrogen-bond acceptors (Lipinski definition) is 7. The van der Waals surface area contributed by atoms with Crippen molar-refractivity contribution in [2.75, 3.05) is 6.54 Å². The Kier molecular flexibility index (Phi) is 13.1.